The molecular formula is C20H24N2O5S. The highest BCUT2D eigenvalue weighted by Gasteiger charge is 2.20. The van der Waals surface area contributed by atoms with Crippen molar-refractivity contribution < 1.29 is 22.7 Å². The number of anilines is 1. The van der Waals surface area contributed by atoms with Crippen LogP contribution in [0.15, 0.2) is 47.4 Å². The Morgan fingerprint density at radius 3 is 2.50 bits per heavy atom. The number of sulfonamides is 1. The molecule has 0 aliphatic rings. The van der Waals surface area contributed by atoms with Crippen molar-refractivity contribution in [1.82, 2.24) is 5.32 Å². The molecule has 0 aliphatic carbocycles. The van der Waals surface area contributed by atoms with Gasteiger partial charge in [-0.1, -0.05) is 18.2 Å². The third-order valence-electron chi connectivity index (χ3n) is 3.99. The van der Waals surface area contributed by atoms with Gasteiger partial charge in [0.1, 0.15) is 0 Å². The van der Waals surface area contributed by atoms with E-state index in [1.807, 2.05) is 13.0 Å². The summed E-state index contributed by atoms with van der Waals surface area (Å²) in [6.07, 6.45) is -0.956. The molecule has 0 heterocycles. The molecule has 150 valence electrons. The molecule has 0 fully saturated rings. The number of hydrogen-bond acceptors (Lipinski definition) is 5. The third-order valence-corrected chi connectivity index (χ3v) is 5.51. The molecule has 0 bridgehead atoms. The van der Waals surface area contributed by atoms with Gasteiger partial charge in [-0.05, 0) is 63.1 Å². The first-order valence-electron chi connectivity index (χ1n) is 8.83. The van der Waals surface area contributed by atoms with E-state index in [9.17, 15) is 18.0 Å². The second-order valence-corrected chi connectivity index (χ2v) is 8.05. The highest BCUT2D eigenvalue weighted by Crippen LogP contribution is 2.21. The van der Waals surface area contributed by atoms with Gasteiger partial charge >= 0.3 is 5.97 Å². The Morgan fingerprint density at radius 2 is 1.82 bits per heavy atom. The minimum absolute atomic E-state index is 0.136. The van der Waals surface area contributed by atoms with E-state index < -0.39 is 28.0 Å². The van der Waals surface area contributed by atoms with Crippen LogP contribution in [0, 0.1) is 13.8 Å². The fraction of sp³-hybridized carbons (Fsp3) is 0.300. The Kier molecular flexibility index (Phi) is 6.80. The first-order valence-corrected chi connectivity index (χ1v) is 10.3. The molecule has 0 saturated carbocycles. The van der Waals surface area contributed by atoms with Crippen LogP contribution in [-0.4, -0.2) is 32.9 Å². The maximum atomic E-state index is 12.7. The Bertz CT molecular complexity index is 986. The summed E-state index contributed by atoms with van der Waals surface area (Å²) in [7, 11) is -3.82. The molecule has 0 aromatic heterocycles. The average molecular weight is 404 g/mol. The predicted octanol–water partition coefficient (Wildman–Crippen LogP) is 2.79. The van der Waals surface area contributed by atoms with E-state index in [1.54, 1.807) is 26.0 Å². The van der Waals surface area contributed by atoms with Crippen LogP contribution in [0.1, 0.15) is 35.3 Å². The lowest BCUT2D eigenvalue weighted by atomic mass is 10.2. The number of likely N-dealkylation sites (N-methyl/N-ethyl adjacent to an activating group) is 1. The molecule has 0 spiro atoms. The quantitative estimate of drug-likeness (QED) is 0.691. The van der Waals surface area contributed by atoms with Gasteiger partial charge in [-0.25, -0.2) is 13.2 Å². The number of esters is 1. The lowest BCUT2D eigenvalue weighted by Crippen LogP contribution is -2.35. The van der Waals surface area contributed by atoms with Crippen LogP contribution in [0.4, 0.5) is 5.69 Å². The van der Waals surface area contributed by atoms with Crippen LogP contribution in [-0.2, 0) is 19.6 Å². The third kappa shape index (κ3) is 5.32. The van der Waals surface area contributed by atoms with Gasteiger partial charge in [0.2, 0.25) is 0 Å². The predicted molar refractivity (Wildman–Crippen MR) is 107 cm³/mol. The van der Waals surface area contributed by atoms with E-state index in [0.29, 0.717) is 12.1 Å². The number of aryl methyl sites for hydroxylation is 2. The summed E-state index contributed by atoms with van der Waals surface area (Å²) in [4.78, 5) is 24.1. The lowest BCUT2D eigenvalue weighted by molar-refractivity contribution is -0.128. The second-order valence-electron chi connectivity index (χ2n) is 6.40. The lowest BCUT2D eigenvalue weighted by Gasteiger charge is -2.14. The van der Waals surface area contributed by atoms with E-state index in [0.717, 1.165) is 5.56 Å². The molecule has 2 N–H and O–H groups in total. The Hall–Kier alpha value is -2.87. The minimum atomic E-state index is -3.82. The normalized spacial score (nSPS) is 12.1. The summed E-state index contributed by atoms with van der Waals surface area (Å²) in [6, 6.07) is 11.1. The van der Waals surface area contributed by atoms with E-state index >= 15 is 0 Å². The van der Waals surface area contributed by atoms with Gasteiger partial charge in [0.05, 0.1) is 10.5 Å². The van der Waals surface area contributed by atoms with Gasteiger partial charge in [0, 0.05) is 12.2 Å². The Labute approximate surface area is 165 Å². The summed E-state index contributed by atoms with van der Waals surface area (Å²) in [5.41, 5.74) is 1.80. The van der Waals surface area contributed by atoms with Gasteiger partial charge in [0.25, 0.3) is 15.9 Å². The monoisotopic (exact) mass is 404 g/mol. The summed E-state index contributed by atoms with van der Waals surface area (Å²) in [5.74, 6) is -1.12. The molecule has 0 radical (unpaired) electrons. The van der Waals surface area contributed by atoms with Crippen molar-refractivity contribution in [1.29, 1.82) is 0 Å². The summed E-state index contributed by atoms with van der Waals surface area (Å²) >= 11 is 0. The molecule has 2 aromatic carbocycles. The first-order chi connectivity index (χ1) is 13.1. The number of amides is 1. The molecule has 1 atom stereocenters. The highest BCUT2D eigenvalue weighted by molar-refractivity contribution is 7.92. The standard InChI is InChI=1S/C20H24N2O5S/c1-5-21-19(23)15(4)27-20(24)16-7-6-8-17(12-16)22-28(25,26)18-11-13(2)9-10-14(18)3/h6-12,15,22H,5H2,1-4H3,(H,21,23)/t15-/m1/s1. The molecule has 0 unspecified atom stereocenters. The van der Waals surface area contributed by atoms with E-state index in [2.05, 4.69) is 10.0 Å². The molecule has 1 amide bonds. The number of ether oxygens (including phenoxy) is 1. The van der Waals surface area contributed by atoms with Gasteiger partial charge in [-0.3, -0.25) is 9.52 Å². The number of carbonyl (C=O) groups is 2. The molecule has 0 aliphatic heterocycles. The van der Waals surface area contributed by atoms with Gasteiger partial charge in [-0.2, -0.15) is 0 Å². The number of hydrogen-bond donors (Lipinski definition) is 2. The van der Waals surface area contributed by atoms with Crippen molar-refractivity contribution >= 4 is 27.6 Å². The maximum absolute atomic E-state index is 12.7. The molecule has 0 saturated heterocycles. The summed E-state index contributed by atoms with van der Waals surface area (Å²) in [6.45, 7) is 7.18. The highest BCUT2D eigenvalue weighted by atomic mass is 32.2. The van der Waals surface area contributed by atoms with E-state index in [-0.39, 0.29) is 16.1 Å². The van der Waals surface area contributed by atoms with Crippen LogP contribution in [0.25, 0.3) is 0 Å². The van der Waals surface area contributed by atoms with Crippen molar-refractivity contribution in [3.05, 3.63) is 59.2 Å². The number of carbonyl (C=O) groups excluding carboxylic acids is 2. The van der Waals surface area contributed by atoms with Gasteiger partial charge in [-0.15, -0.1) is 0 Å². The minimum Gasteiger partial charge on any atom is -0.449 e. The number of nitrogens with one attached hydrogen (secondary N) is 2. The Balaban J connectivity index is 2.20. The van der Waals surface area contributed by atoms with Crippen LogP contribution in [0.3, 0.4) is 0 Å². The fourth-order valence-electron chi connectivity index (χ4n) is 2.52. The number of rotatable bonds is 7. The zero-order valence-electron chi connectivity index (χ0n) is 16.3. The zero-order chi connectivity index (χ0) is 20.9. The molecule has 8 heteroatoms. The summed E-state index contributed by atoms with van der Waals surface area (Å²) in [5, 5.41) is 2.56. The fourth-order valence-corrected chi connectivity index (χ4v) is 3.90. The van der Waals surface area contributed by atoms with E-state index in [1.165, 1.54) is 31.2 Å². The molecule has 7 nitrogen and oxygen atoms in total. The zero-order valence-corrected chi connectivity index (χ0v) is 17.1. The van der Waals surface area contributed by atoms with Crippen molar-refractivity contribution in [3.63, 3.8) is 0 Å². The molecule has 28 heavy (non-hydrogen) atoms. The molecule has 2 rings (SSSR count). The Morgan fingerprint density at radius 1 is 1.11 bits per heavy atom. The van der Waals surface area contributed by atoms with Crippen LogP contribution < -0.4 is 10.0 Å². The van der Waals surface area contributed by atoms with Crippen molar-refractivity contribution in [2.24, 2.45) is 0 Å². The molecular weight excluding hydrogens is 380 g/mol. The molecule has 2 aromatic rings. The maximum Gasteiger partial charge on any atom is 0.338 e. The van der Waals surface area contributed by atoms with Gasteiger partial charge < -0.3 is 10.1 Å². The SMILES string of the molecule is CCNC(=O)[C@@H](C)OC(=O)c1cccc(NS(=O)(=O)c2cc(C)ccc2C)c1. The van der Waals surface area contributed by atoms with Crippen LogP contribution >= 0.6 is 0 Å². The van der Waals surface area contributed by atoms with E-state index in [4.69, 9.17) is 4.74 Å². The van der Waals surface area contributed by atoms with Crippen molar-refractivity contribution in [3.8, 4) is 0 Å². The van der Waals surface area contributed by atoms with Gasteiger partial charge in [0.15, 0.2) is 6.10 Å². The second kappa shape index (κ2) is 8.88. The average Bonchev–Trinajstić information content (AvgIpc) is 2.63. The van der Waals surface area contributed by atoms with Crippen molar-refractivity contribution in [2.75, 3.05) is 11.3 Å². The first kappa shape index (κ1) is 21.4. The van der Waals surface area contributed by atoms with Crippen LogP contribution in [0.5, 0.6) is 0 Å². The topological polar surface area (TPSA) is 102 Å². The largest absolute Gasteiger partial charge is 0.449 e. The smallest absolute Gasteiger partial charge is 0.338 e. The summed E-state index contributed by atoms with van der Waals surface area (Å²) < 4.78 is 33.0. The van der Waals surface area contributed by atoms with Crippen LogP contribution in [0.2, 0.25) is 0 Å². The number of benzene rings is 2. The van der Waals surface area contributed by atoms with Crippen molar-refractivity contribution in [2.45, 2.75) is 38.7 Å².